The van der Waals surface area contributed by atoms with Gasteiger partial charge in [0.15, 0.2) is 6.29 Å². The molecule has 5 N–H and O–H groups in total. The molecule has 258 valence electrons. The largest absolute Gasteiger partial charge is 0.508 e. The molecule has 1 saturated heterocycles. The van der Waals surface area contributed by atoms with Gasteiger partial charge in [0.2, 0.25) is 6.29 Å². The van der Waals surface area contributed by atoms with Gasteiger partial charge in [-0.15, -0.1) is 0 Å². The van der Waals surface area contributed by atoms with Gasteiger partial charge in [0.05, 0.1) is 38.6 Å². The number of aromatic hydroxyl groups is 1. The molecular weight excluding hydrogens is 632 g/mol. The molecule has 0 amide bonds. The van der Waals surface area contributed by atoms with E-state index in [1.807, 2.05) is 6.07 Å². The van der Waals surface area contributed by atoms with Crippen LogP contribution in [0.15, 0.2) is 84.2 Å². The lowest BCUT2D eigenvalue weighted by Crippen LogP contribution is -2.60. The predicted molar refractivity (Wildman–Crippen MR) is 165 cm³/mol. The molecule has 4 rings (SSSR count). The van der Waals surface area contributed by atoms with Gasteiger partial charge in [-0.3, -0.25) is 4.79 Å². The minimum atomic E-state index is -1.79. The summed E-state index contributed by atoms with van der Waals surface area (Å²) in [7, 11) is 1.14. The normalized spacial score (nSPS) is 26.4. The molecule has 0 spiro atoms. The summed E-state index contributed by atoms with van der Waals surface area (Å²) in [5, 5.41) is 50.1. The van der Waals surface area contributed by atoms with Crippen molar-refractivity contribution in [2.75, 3.05) is 26.9 Å². The summed E-state index contributed by atoms with van der Waals surface area (Å²) in [6.45, 7) is -1.10. The minimum absolute atomic E-state index is 0.0146. The molecule has 48 heavy (non-hydrogen) atoms. The van der Waals surface area contributed by atoms with Crippen LogP contribution in [0.4, 0.5) is 0 Å². The van der Waals surface area contributed by atoms with Gasteiger partial charge in [-0.2, -0.15) is 0 Å². The maximum absolute atomic E-state index is 13.1. The van der Waals surface area contributed by atoms with Gasteiger partial charge in [-0.05, 0) is 35.4 Å². The Hall–Kier alpha value is -4.57. The standard InChI is InChI=1S/C34H38O14/c1-43-32(42)25-19-46-33(48-34-31(41)30(40)29(39)26(18-35)47-34)23(14-16-44-27(37)12-9-20-5-3-2-4-6-20)24(25)17-28(38)45-15-13-21-7-10-22(36)11-8-21/h2-12,14,19,24,26,29-31,33-36,39-41H,13,15-18H2,1H3/t24-,26-,29-,30+,31-,33+,34-/m1/s1. The molecule has 2 aromatic rings. The second-order valence-electron chi connectivity index (χ2n) is 10.8. The molecule has 0 radical (unpaired) electrons. The smallest absolute Gasteiger partial charge is 0.337 e. The third-order valence-corrected chi connectivity index (χ3v) is 7.61. The van der Waals surface area contributed by atoms with Crippen molar-refractivity contribution in [1.82, 2.24) is 0 Å². The van der Waals surface area contributed by atoms with Crippen molar-refractivity contribution in [2.24, 2.45) is 5.92 Å². The number of carbonyl (C=O) groups is 3. The number of rotatable bonds is 13. The van der Waals surface area contributed by atoms with Crippen LogP contribution in [0, 0.1) is 5.92 Å². The van der Waals surface area contributed by atoms with E-state index in [0.29, 0.717) is 6.42 Å². The van der Waals surface area contributed by atoms with E-state index in [2.05, 4.69) is 0 Å². The van der Waals surface area contributed by atoms with Gasteiger partial charge in [0.25, 0.3) is 0 Å². The quantitative estimate of drug-likeness (QED) is 0.0869. The molecule has 2 aliphatic rings. The van der Waals surface area contributed by atoms with E-state index in [-0.39, 0.29) is 30.1 Å². The van der Waals surface area contributed by atoms with Gasteiger partial charge >= 0.3 is 17.9 Å². The lowest BCUT2D eigenvalue weighted by molar-refractivity contribution is -0.327. The van der Waals surface area contributed by atoms with Crippen molar-refractivity contribution < 1.29 is 68.3 Å². The number of benzene rings is 2. The zero-order valence-electron chi connectivity index (χ0n) is 26.0. The number of ether oxygens (including phenoxy) is 6. The van der Waals surface area contributed by atoms with Gasteiger partial charge < -0.3 is 54.0 Å². The maximum atomic E-state index is 13.1. The Morgan fingerprint density at radius 2 is 1.67 bits per heavy atom. The van der Waals surface area contributed by atoms with Gasteiger partial charge in [0, 0.05) is 24.0 Å². The molecule has 2 heterocycles. The van der Waals surface area contributed by atoms with Crippen LogP contribution in [0.5, 0.6) is 5.75 Å². The van der Waals surface area contributed by atoms with E-state index in [1.165, 1.54) is 24.3 Å². The van der Waals surface area contributed by atoms with Crippen molar-refractivity contribution in [3.63, 3.8) is 0 Å². The number of carbonyl (C=O) groups excluding carboxylic acids is 3. The second kappa shape index (κ2) is 17.5. The highest BCUT2D eigenvalue weighted by molar-refractivity contribution is 5.91. The van der Waals surface area contributed by atoms with Crippen molar-refractivity contribution in [3.8, 4) is 5.75 Å². The summed E-state index contributed by atoms with van der Waals surface area (Å²) < 4.78 is 32.6. The van der Waals surface area contributed by atoms with Gasteiger partial charge in [-0.1, -0.05) is 42.5 Å². The lowest BCUT2D eigenvalue weighted by atomic mass is 9.86. The fourth-order valence-electron chi connectivity index (χ4n) is 4.99. The molecule has 1 fully saturated rings. The number of aliphatic hydroxyl groups is 4. The average Bonchev–Trinajstić information content (AvgIpc) is 3.09. The van der Waals surface area contributed by atoms with E-state index in [9.17, 15) is 39.9 Å². The first kappa shape index (κ1) is 36.3. The summed E-state index contributed by atoms with van der Waals surface area (Å²) in [5.74, 6) is -3.25. The van der Waals surface area contributed by atoms with E-state index in [0.717, 1.165) is 24.5 Å². The molecule has 14 heteroatoms. The van der Waals surface area contributed by atoms with Crippen LogP contribution in [0.25, 0.3) is 6.08 Å². The first-order chi connectivity index (χ1) is 23.1. The van der Waals surface area contributed by atoms with Crippen LogP contribution in [-0.2, 0) is 49.2 Å². The van der Waals surface area contributed by atoms with Crippen LogP contribution >= 0.6 is 0 Å². The summed E-state index contributed by atoms with van der Waals surface area (Å²) in [6.07, 6.45) is -4.53. The number of phenolic OH excluding ortho intramolecular Hbond substituents is 1. The number of esters is 3. The highest BCUT2D eigenvalue weighted by atomic mass is 16.8. The molecule has 14 nitrogen and oxygen atoms in total. The predicted octanol–water partition coefficient (Wildman–Crippen LogP) is 0.897. The molecule has 0 bridgehead atoms. The lowest BCUT2D eigenvalue weighted by Gasteiger charge is -2.42. The minimum Gasteiger partial charge on any atom is -0.508 e. The van der Waals surface area contributed by atoms with E-state index in [1.54, 1.807) is 42.5 Å². The molecule has 0 saturated carbocycles. The Labute approximate surface area is 276 Å². The van der Waals surface area contributed by atoms with Crippen LogP contribution in [-0.4, -0.2) is 107 Å². The number of hydrogen-bond donors (Lipinski definition) is 5. The second-order valence-corrected chi connectivity index (χ2v) is 10.8. The van der Waals surface area contributed by atoms with Crippen LogP contribution in [0.2, 0.25) is 0 Å². The zero-order chi connectivity index (χ0) is 34.6. The average molecular weight is 671 g/mol. The molecule has 0 aromatic heterocycles. The Balaban J connectivity index is 1.55. The van der Waals surface area contributed by atoms with Gasteiger partial charge in [-0.25, -0.2) is 9.59 Å². The number of phenols is 1. The first-order valence-corrected chi connectivity index (χ1v) is 15.0. The molecular formula is C34H38O14. The van der Waals surface area contributed by atoms with Gasteiger partial charge in [0.1, 0.15) is 36.8 Å². The molecule has 0 aliphatic carbocycles. The number of hydrogen-bond acceptors (Lipinski definition) is 14. The Morgan fingerprint density at radius 3 is 2.35 bits per heavy atom. The topological polar surface area (TPSA) is 208 Å². The summed E-state index contributed by atoms with van der Waals surface area (Å²) in [6, 6.07) is 15.4. The van der Waals surface area contributed by atoms with Crippen molar-refractivity contribution in [2.45, 2.75) is 49.8 Å². The Bertz CT molecular complexity index is 1470. The highest BCUT2D eigenvalue weighted by Crippen LogP contribution is 2.36. The third-order valence-electron chi connectivity index (χ3n) is 7.61. The summed E-state index contributed by atoms with van der Waals surface area (Å²) in [5.41, 5.74) is 1.56. The summed E-state index contributed by atoms with van der Waals surface area (Å²) >= 11 is 0. The molecule has 2 aromatic carbocycles. The third kappa shape index (κ3) is 9.73. The highest BCUT2D eigenvalue weighted by Gasteiger charge is 2.47. The van der Waals surface area contributed by atoms with E-state index in [4.69, 9.17) is 28.4 Å². The van der Waals surface area contributed by atoms with E-state index >= 15 is 0 Å². The molecule has 2 aliphatic heterocycles. The number of methoxy groups -OCH3 is 1. The Morgan fingerprint density at radius 1 is 0.938 bits per heavy atom. The van der Waals surface area contributed by atoms with E-state index < -0.39 is 73.8 Å². The van der Waals surface area contributed by atoms with Crippen LogP contribution < -0.4 is 0 Å². The molecule has 7 atom stereocenters. The van der Waals surface area contributed by atoms with Crippen LogP contribution in [0.1, 0.15) is 17.5 Å². The molecule has 0 unspecified atom stereocenters. The fourth-order valence-corrected chi connectivity index (χ4v) is 4.99. The summed E-state index contributed by atoms with van der Waals surface area (Å²) in [4.78, 5) is 38.3. The monoisotopic (exact) mass is 670 g/mol. The Kier molecular flexibility index (Phi) is 13.3. The van der Waals surface area contributed by atoms with Crippen molar-refractivity contribution in [3.05, 3.63) is 95.3 Å². The number of aliphatic hydroxyl groups excluding tert-OH is 4. The maximum Gasteiger partial charge on any atom is 0.337 e. The van der Waals surface area contributed by atoms with Crippen molar-refractivity contribution in [1.29, 1.82) is 0 Å². The fraction of sp³-hybridized carbons (Fsp3) is 0.382. The zero-order valence-corrected chi connectivity index (χ0v) is 26.0. The van der Waals surface area contributed by atoms with Crippen molar-refractivity contribution >= 4 is 24.0 Å². The first-order valence-electron chi connectivity index (χ1n) is 15.0. The SMILES string of the molecule is COC(=O)C1=CO[C@@H](O[C@H]2O[C@H](CO)[C@@H](O)[C@H](O)[C@H]2O)C(=CCOC(=O)C=Cc2ccccc2)[C@H]1CC(=O)OCCc1ccc(O)cc1. The van der Waals surface area contributed by atoms with Crippen LogP contribution in [0.3, 0.4) is 0 Å².